The average Bonchev–Trinajstić information content (AvgIpc) is 2.59. The van der Waals surface area contributed by atoms with Gasteiger partial charge in [0, 0.05) is 12.2 Å². The van der Waals surface area contributed by atoms with Crippen molar-refractivity contribution < 1.29 is 17.2 Å². The molecule has 1 heterocycles. The normalized spacial score (nSPS) is 15.9. The number of rotatable bonds is 5. The molecule has 0 aromatic heterocycles. The fourth-order valence-electron chi connectivity index (χ4n) is 2.95. The van der Waals surface area contributed by atoms with Crippen LogP contribution in [0.1, 0.15) is 24.8 Å². The fourth-order valence-corrected chi connectivity index (χ4v) is 4.10. The minimum Gasteiger partial charge on any atom is -0.299 e. The van der Waals surface area contributed by atoms with E-state index in [0.29, 0.717) is 11.8 Å². The summed E-state index contributed by atoms with van der Waals surface area (Å²) >= 11 is 0. The topological polar surface area (TPSA) is 49.4 Å². The van der Waals surface area contributed by atoms with Gasteiger partial charge in [-0.15, -0.1) is 0 Å². The highest BCUT2D eigenvalue weighted by atomic mass is 32.2. The molecule has 1 N–H and O–H groups in total. The van der Waals surface area contributed by atoms with Crippen molar-refractivity contribution in [2.24, 2.45) is 0 Å². The second-order valence-electron chi connectivity index (χ2n) is 6.21. The van der Waals surface area contributed by atoms with Crippen molar-refractivity contribution in [3.8, 4) is 0 Å². The van der Waals surface area contributed by atoms with E-state index in [2.05, 4.69) is 9.62 Å². The lowest BCUT2D eigenvalue weighted by Crippen LogP contribution is -2.29. The summed E-state index contributed by atoms with van der Waals surface area (Å²) in [7, 11) is -4.18. The molecule has 4 nitrogen and oxygen atoms in total. The first-order valence-corrected chi connectivity index (χ1v) is 9.71. The van der Waals surface area contributed by atoms with Crippen LogP contribution < -0.4 is 4.72 Å². The summed E-state index contributed by atoms with van der Waals surface area (Å²) in [5.74, 6) is -1.80. The first-order chi connectivity index (χ1) is 11.9. The number of halogens is 2. The standard InChI is InChI=1S/C18H20F2N2O2S/c19-15-6-9-17(20)18(12-15)25(23,24)21-16-7-4-14(5-8-16)13-22-10-2-1-3-11-22/h4-9,12,21H,1-3,10-11,13H2. The van der Waals surface area contributed by atoms with Gasteiger partial charge in [-0.25, -0.2) is 17.2 Å². The minimum absolute atomic E-state index is 0.311. The van der Waals surface area contributed by atoms with Crippen molar-refractivity contribution in [3.05, 3.63) is 59.7 Å². The first kappa shape index (κ1) is 17.8. The molecule has 1 saturated heterocycles. The highest BCUT2D eigenvalue weighted by Gasteiger charge is 2.20. The zero-order valence-corrected chi connectivity index (χ0v) is 14.5. The maximum atomic E-state index is 13.7. The summed E-state index contributed by atoms with van der Waals surface area (Å²) in [6.07, 6.45) is 3.68. The van der Waals surface area contributed by atoms with E-state index in [4.69, 9.17) is 0 Å². The van der Waals surface area contributed by atoms with E-state index in [0.717, 1.165) is 37.3 Å². The van der Waals surface area contributed by atoms with Crippen LogP contribution in [0.5, 0.6) is 0 Å². The third-order valence-electron chi connectivity index (χ3n) is 4.24. The van der Waals surface area contributed by atoms with Gasteiger partial charge in [0.1, 0.15) is 16.5 Å². The molecule has 0 amide bonds. The SMILES string of the molecule is O=S(=O)(Nc1ccc(CN2CCCCC2)cc1)c1cc(F)ccc1F. The van der Waals surface area contributed by atoms with Crippen LogP contribution in [0.2, 0.25) is 0 Å². The van der Waals surface area contributed by atoms with E-state index in [1.165, 1.54) is 19.3 Å². The van der Waals surface area contributed by atoms with Crippen molar-refractivity contribution in [1.29, 1.82) is 0 Å². The van der Waals surface area contributed by atoms with E-state index in [1.807, 2.05) is 12.1 Å². The van der Waals surface area contributed by atoms with Crippen molar-refractivity contribution in [3.63, 3.8) is 0 Å². The number of hydrogen-bond donors (Lipinski definition) is 1. The lowest BCUT2D eigenvalue weighted by molar-refractivity contribution is 0.221. The molecule has 0 aliphatic carbocycles. The summed E-state index contributed by atoms with van der Waals surface area (Å²) in [6.45, 7) is 2.98. The van der Waals surface area contributed by atoms with Crippen LogP contribution in [-0.4, -0.2) is 26.4 Å². The Balaban J connectivity index is 1.71. The van der Waals surface area contributed by atoms with E-state index in [1.54, 1.807) is 12.1 Å². The third-order valence-corrected chi connectivity index (χ3v) is 5.64. The Labute approximate surface area is 146 Å². The second kappa shape index (κ2) is 7.49. The van der Waals surface area contributed by atoms with Gasteiger partial charge in [0.2, 0.25) is 0 Å². The summed E-state index contributed by atoms with van der Waals surface area (Å²) in [6, 6.07) is 9.29. The van der Waals surface area contributed by atoms with Crippen LogP contribution in [0.3, 0.4) is 0 Å². The van der Waals surface area contributed by atoms with Crippen LogP contribution in [-0.2, 0) is 16.6 Å². The average molecular weight is 366 g/mol. The smallest absolute Gasteiger partial charge is 0.264 e. The molecule has 2 aromatic rings. The molecule has 2 aromatic carbocycles. The van der Waals surface area contributed by atoms with Gasteiger partial charge in [0.25, 0.3) is 10.0 Å². The molecule has 7 heteroatoms. The number of likely N-dealkylation sites (tertiary alicyclic amines) is 1. The summed E-state index contributed by atoms with van der Waals surface area (Å²) in [5.41, 5.74) is 1.40. The number of piperidine rings is 1. The second-order valence-corrected chi connectivity index (χ2v) is 7.86. The highest BCUT2D eigenvalue weighted by Crippen LogP contribution is 2.21. The molecule has 25 heavy (non-hydrogen) atoms. The molecule has 3 rings (SSSR count). The molecule has 0 saturated carbocycles. The predicted molar refractivity (Wildman–Crippen MR) is 92.7 cm³/mol. The molecular weight excluding hydrogens is 346 g/mol. The number of benzene rings is 2. The molecule has 0 spiro atoms. The first-order valence-electron chi connectivity index (χ1n) is 8.23. The van der Waals surface area contributed by atoms with Gasteiger partial charge >= 0.3 is 0 Å². The fraction of sp³-hybridized carbons (Fsp3) is 0.333. The largest absolute Gasteiger partial charge is 0.299 e. The maximum Gasteiger partial charge on any atom is 0.264 e. The predicted octanol–water partition coefficient (Wildman–Crippen LogP) is 3.75. The van der Waals surface area contributed by atoms with Crippen LogP contribution >= 0.6 is 0 Å². The van der Waals surface area contributed by atoms with Gasteiger partial charge in [-0.05, 0) is 61.8 Å². The maximum absolute atomic E-state index is 13.7. The van der Waals surface area contributed by atoms with Gasteiger partial charge in [-0.2, -0.15) is 0 Å². The zero-order chi connectivity index (χ0) is 17.9. The molecular formula is C18H20F2N2O2S. The van der Waals surface area contributed by atoms with Crippen molar-refractivity contribution in [1.82, 2.24) is 4.90 Å². The lowest BCUT2D eigenvalue weighted by Gasteiger charge is -2.26. The quantitative estimate of drug-likeness (QED) is 0.877. The molecule has 134 valence electrons. The van der Waals surface area contributed by atoms with Crippen LogP contribution in [0.15, 0.2) is 47.4 Å². The van der Waals surface area contributed by atoms with Crippen molar-refractivity contribution in [2.45, 2.75) is 30.7 Å². The minimum atomic E-state index is -4.18. The molecule has 1 aliphatic rings. The van der Waals surface area contributed by atoms with Gasteiger partial charge < -0.3 is 0 Å². The molecule has 0 bridgehead atoms. The summed E-state index contributed by atoms with van der Waals surface area (Å²) in [5, 5.41) is 0. The number of hydrogen-bond acceptors (Lipinski definition) is 3. The zero-order valence-electron chi connectivity index (χ0n) is 13.7. The molecule has 0 atom stereocenters. The van der Waals surface area contributed by atoms with Crippen LogP contribution in [0.25, 0.3) is 0 Å². The Hall–Kier alpha value is -1.99. The lowest BCUT2D eigenvalue weighted by atomic mass is 10.1. The Kier molecular flexibility index (Phi) is 5.34. The van der Waals surface area contributed by atoms with Gasteiger partial charge in [0.05, 0.1) is 0 Å². The van der Waals surface area contributed by atoms with E-state index in [9.17, 15) is 17.2 Å². The Morgan fingerprint density at radius 3 is 2.32 bits per heavy atom. The van der Waals surface area contributed by atoms with E-state index >= 15 is 0 Å². The van der Waals surface area contributed by atoms with Crippen LogP contribution in [0.4, 0.5) is 14.5 Å². The van der Waals surface area contributed by atoms with Gasteiger partial charge in [0.15, 0.2) is 0 Å². The molecule has 1 aliphatic heterocycles. The summed E-state index contributed by atoms with van der Waals surface area (Å²) in [4.78, 5) is 1.66. The highest BCUT2D eigenvalue weighted by molar-refractivity contribution is 7.92. The van der Waals surface area contributed by atoms with Crippen molar-refractivity contribution >= 4 is 15.7 Å². The number of nitrogens with zero attached hydrogens (tertiary/aromatic N) is 1. The number of nitrogens with one attached hydrogen (secondary N) is 1. The molecule has 0 unspecified atom stereocenters. The molecule has 0 radical (unpaired) electrons. The number of anilines is 1. The van der Waals surface area contributed by atoms with Gasteiger partial charge in [-0.1, -0.05) is 18.6 Å². The van der Waals surface area contributed by atoms with Gasteiger partial charge in [-0.3, -0.25) is 9.62 Å². The number of sulfonamides is 1. The molecule has 1 fully saturated rings. The third kappa shape index (κ3) is 4.55. The Bertz CT molecular complexity index is 833. The Morgan fingerprint density at radius 1 is 0.960 bits per heavy atom. The van der Waals surface area contributed by atoms with E-state index in [-0.39, 0.29) is 0 Å². The van der Waals surface area contributed by atoms with E-state index < -0.39 is 26.6 Å². The summed E-state index contributed by atoms with van der Waals surface area (Å²) < 4.78 is 53.7. The monoisotopic (exact) mass is 366 g/mol. The Morgan fingerprint density at radius 2 is 1.64 bits per heavy atom. The van der Waals surface area contributed by atoms with Crippen LogP contribution in [0, 0.1) is 11.6 Å². The van der Waals surface area contributed by atoms with Crippen molar-refractivity contribution in [2.75, 3.05) is 17.8 Å².